The van der Waals surface area contributed by atoms with Crippen LogP contribution >= 0.6 is 0 Å². The number of fused-ring (bicyclic) bond motifs is 1. The molecule has 0 bridgehead atoms. The van der Waals surface area contributed by atoms with Crippen molar-refractivity contribution in [1.82, 2.24) is 14.4 Å². The van der Waals surface area contributed by atoms with Gasteiger partial charge in [0.25, 0.3) is 11.7 Å². The van der Waals surface area contributed by atoms with Gasteiger partial charge in [0.05, 0.1) is 5.56 Å². The van der Waals surface area contributed by atoms with Gasteiger partial charge in [-0.25, -0.2) is 0 Å². The Morgan fingerprint density at radius 2 is 1.55 bits per heavy atom. The molecule has 4 rings (SSSR count). The van der Waals surface area contributed by atoms with E-state index in [2.05, 4.69) is 13.8 Å². The Kier molecular flexibility index (Phi) is 6.44. The van der Waals surface area contributed by atoms with Crippen LogP contribution in [0.5, 0.6) is 0 Å². The molecule has 2 aliphatic heterocycles. The number of aromatic nitrogens is 1. The Balaban J connectivity index is 1.58. The molecule has 0 spiro atoms. The molecule has 3 heterocycles. The summed E-state index contributed by atoms with van der Waals surface area (Å²) < 4.78 is 1.84. The monoisotopic (exact) mass is 423 g/mol. The number of benzene rings is 1. The maximum Gasteiger partial charge on any atom is 0.295 e. The highest BCUT2D eigenvalue weighted by atomic mass is 16.2. The summed E-state index contributed by atoms with van der Waals surface area (Å²) in [5.41, 5.74) is 1.22. The zero-order valence-electron chi connectivity index (χ0n) is 18.7. The first-order valence-electron chi connectivity index (χ1n) is 11.6. The lowest BCUT2D eigenvalue weighted by Gasteiger charge is -2.34. The van der Waals surface area contributed by atoms with Crippen molar-refractivity contribution in [2.75, 3.05) is 26.2 Å². The molecule has 1 aromatic heterocycles. The van der Waals surface area contributed by atoms with Gasteiger partial charge < -0.3 is 14.4 Å². The van der Waals surface area contributed by atoms with Crippen LogP contribution in [0, 0.1) is 11.8 Å². The molecule has 6 heteroatoms. The van der Waals surface area contributed by atoms with Crippen molar-refractivity contribution in [2.24, 2.45) is 11.8 Å². The third kappa shape index (κ3) is 4.68. The molecule has 2 unspecified atom stereocenters. The SMILES string of the molecule is CC1CC(C)CN(C(=O)C(=O)c2cn(CC(=O)N3CCCCCC3)c3ccccc23)C1. The van der Waals surface area contributed by atoms with Gasteiger partial charge in [-0.05, 0) is 37.2 Å². The highest BCUT2D eigenvalue weighted by Crippen LogP contribution is 2.25. The van der Waals surface area contributed by atoms with Crippen molar-refractivity contribution >= 4 is 28.5 Å². The average Bonchev–Trinajstić information content (AvgIpc) is 2.91. The Bertz CT molecular complexity index is 962. The van der Waals surface area contributed by atoms with Crippen molar-refractivity contribution in [2.45, 2.75) is 52.5 Å². The van der Waals surface area contributed by atoms with Gasteiger partial charge in [-0.2, -0.15) is 0 Å². The van der Waals surface area contributed by atoms with Crippen LogP contribution in [0.1, 0.15) is 56.3 Å². The van der Waals surface area contributed by atoms with Gasteiger partial charge in [0.1, 0.15) is 6.54 Å². The summed E-state index contributed by atoms with van der Waals surface area (Å²) in [4.78, 5) is 42.8. The minimum absolute atomic E-state index is 0.0756. The fourth-order valence-corrected chi connectivity index (χ4v) is 5.21. The van der Waals surface area contributed by atoms with Crippen LogP contribution in [0.15, 0.2) is 30.5 Å². The molecule has 2 amide bonds. The lowest BCUT2D eigenvalue weighted by Crippen LogP contribution is -2.45. The topological polar surface area (TPSA) is 62.6 Å². The predicted molar refractivity (Wildman–Crippen MR) is 121 cm³/mol. The highest BCUT2D eigenvalue weighted by Gasteiger charge is 2.31. The number of carbonyl (C=O) groups excluding carboxylic acids is 3. The fraction of sp³-hybridized carbons (Fsp3) is 0.560. The second-order valence-electron chi connectivity index (χ2n) is 9.47. The standard InChI is InChI=1S/C25H33N3O3/c1-18-13-19(2)15-28(14-18)25(31)24(30)21-16-27(22-10-6-5-9-20(21)22)17-23(29)26-11-7-3-4-8-12-26/h5-6,9-10,16,18-19H,3-4,7-8,11-15,17H2,1-2H3. The number of piperidine rings is 1. The maximum atomic E-state index is 13.2. The van der Waals surface area contributed by atoms with E-state index < -0.39 is 11.7 Å². The van der Waals surface area contributed by atoms with Crippen LogP contribution < -0.4 is 0 Å². The summed E-state index contributed by atoms with van der Waals surface area (Å²) in [5, 5.41) is 0.739. The molecule has 1 aromatic carbocycles. The zero-order chi connectivity index (χ0) is 22.0. The highest BCUT2D eigenvalue weighted by molar-refractivity contribution is 6.44. The van der Waals surface area contributed by atoms with Gasteiger partial charge in [0, 0.05) is 43.3 Å². The molecule has 2 atom stereocenters. The minimum Gasteiger partial charge on any atom is -0.341 e. The van der Waals surface area contributed by atoms with Crippen LogP contribution in [0.3, 0.4) is 0 Å². The number of rotatable bonds is 4. The van der Waals surface area contributed by atoms with Gasteiger partial charge in [-0.3, -0.25) is 14.4 Å². The summed E-state index contributed by atoms with van der Waals surface area (Å²) in [5.74, 6) is -0.0357. The van der Waals surface area contributed by atoms with Crippen molar-refractivity contribution < 1.29 is 14.4 Å². The molecule has 0 radical (unpaired) electrons. The van der Waals surface area contributed by atoms with Gasteiger partial charge in [0.2, 0.25) is 5.91 Å². The van der Waals surface area contributed by atoms with Crippen LogP contribution in [0.25, 0.3) is 10.9 Å². The van der Waals surface area contributed by atoms with Crippen LogP contribution in [-0.2, 0) is 16.1 Å². The van der Waals surface area contributed by atoms with E-state index in [4.69, 9.17) is 0 Å². The quantitative estimate of drug-likeness (QED) is 0.556. The van der Waals surface area contributed by atoms with Crippen LogP contribution in [0.4, 0.5) is 0 Å². The molecule has 166 valence electrons. The lowest BCUT2D eigenvalue weighted by molar-refractivity contribution is -0.131. The van der Waals surface area contributed by atoms with Gasteiger partial charge >= 0.3 is 0 Å². The molecule has 2 fully saturated rings. The number of carbonyl (C=O) groups is 3. The number of hydrogen-bond donors (Lipinski definition) is 0. The number of Topliss-reactive ketones (excluding diaryl/α,β-unsaturated/α-hetero) is 1. The van der Waals surface area contributed by atoms with E-state index in [1.807, 2.05) is 33.7 Å². The van der Waals surface area contributed by atoms with Gasteiger partial charge in [-0.1, -0.05) is 44.9 Å². The molecule has 6 nitrogen and oxygen atoms in total. The van der Waals surface area contributed by atoms with E-state index >= 15 is 0 Å². The summed E-state index contributed by atoms with van der Waals surface area (Å²) >= 11 is 0. The summed E-state index contributed by atoms with van der Waals surface area (Å²) in [6, 6.07) is 7.55. The Morgan fingerprint density at radius 1 is 0.903 bits per heavy atom. The molecule has 2 aromatic rings. The molecule has 2 saturated heterocycles. The third-order valence-electron chi connectivity index (χ3n) is 6.65. The number of ketones is 1. The number of para-hydroxylation sites is 1. The van der Waals surface area contributed by atoms with E-state index in [1.54, 1.807) is 11.1 Å². The first-order valence-corrected chi connectivity index (χ1v) is 11.6. The number of amides is 2. The summed E-state index contributed by atoms with van der Waals surface area (Å²) in [6.07, 6.45) is 7.22. The minimum atomic E-state index is -0.474. The molecular weight excluding hydrogens is 390 g/mol. The summed E-state index contributed by atoms with van der Waals surface area (Å²) in [6.45, 7) is 7.30. The van der Waals surface area contributed by atoms with Crippen LogP contribution in [-0.4, -0.2) is 58.1 Å². The Labute approximate surface area is 184 Å². The molecule has 0 aliphatic carbocycles. The maximum absolute atomic E-state index is 13.2. The van der Waals surface area contributed by atoms with E-state index in [1.165, 1.54) is 12.8 Å². The van der Waals surface area contributed by atoms with Crippen molar-refractivity contribution in [3.05, 3.63) is 36.0 Å². The zero-order valence-corrected chi connectivity index (χ0v) is 18.7. The Hall–Kier alpha value is -2.63. The fourth-order valence-electron chi connectivity index (χ4n) is 5.21. The molecule has 0 N–H and O–H groups in total. The van der Waals surface area contributed by atoms with E-state index in [9.17, 15) is 14.4 Å². The second kappa shape index (κ2) is 9.25. The van der Waals surface area contributed by atoms with Crippen molar-refractivity contribution in [3.8, 4) is 0 Å². The van der Waals surface area contributed by atoms with E-state index in [0.717, 1.165) is 43.3 Å². The third-order valence-corrected chi connectivity index (χ3v) is 6.65. The summed E-state index contributed by atoms with van der Waals surface area (Å²) in [7, 11) is 0. The number of nitrogens with zero attached hydrogens (tertiary/aromatic N) is 3. The first kappa shape index (κ1) is 21.6. The molecule has 0 saturated carbocycles. The Morgan fingerprint density at radius 3 is 2.23 bits per heavy atom. The lowest BCUT2D eigenvalue weighted by atomic mass is 9.91. The van der Waals surface area contributed by atoms with Crippen molar-refractivity contribution in [3.63, 3.8) is 0 Å². The average molecular weight is 424 g/mol. The largest absolute Gasteiger partial charge is 0.341 e. The van der Waals surface area contributed by atoms with Crippen LogP contribution in [0.2, 0.25) is 0 Å². The van der Waals surface area contributed by atoms with E-state index in [0.29, 0.717) is 30.5 Å². The first-order chi connectivity index (χ1) is 14.9. The number of likely N-dealkylation sites (tertiary alicyclic amines) is 2. The molecule has 31 heavy (non-hydrogen) atoms. The smallest absolute Gasteiger partial charge is 0.295 e. The van der Waals surface area contributed by atoms with E-state index in [-0.39, 0.29) is 12.5 Å². The van der Waals surface area contributed by atoms with Gasteiger partial charge in [0.15, 0.2) is 0 Å². The normalized spacial score (nSPS) is 22.4. The number of hydrogen-bond acceptors (Lipinski definition) is 3. The molecular formula is C25H33N3O3. The molecule has 2 aliphatic rings. The second-order valence-corrected chi connectivity index (χ2v) is 9.47. The van der Waals surface area contributed by atoms with Gasteiger partial charge in [-0.15, -0.1) is 0 Å². The predicted octanol–water partition coefficient (Wildman–Crippen LogP) is 3.73. The van der Waals surface area contributed by atoms with Crippen molar-refractivity contribution in [1.29, 1.82) is 0 Å².